The number of primary sulfonamides is 1. The third-order valence-electron chi connectivity index (χ3n) is 2.87. The lowest BCUT2D eigenvalue weighted by molar-refractivity contribution is -0.116. The minimum Gasteiger partial charge on any atom is -0.308 e. The predicted molar refractivity (Wildman–Crippen MR) is 76.6 cm³/mol. The SMILES string of the molecule is CCCCCCCC(=O)Nc1nn(C)cc1S(N)(=O)=O. The smallest absolute Gasteiger partial charge is 0.243 e. The van der Waals surface area contributed by atoms with Crippen LogP contribution in [0, 0.1) is 0 Å². The number of carbonyl (C=O) groups excluding carboxylic acids is 1. The van der Waals surface area contributed by atoms with Gasteiger partial charge in [-0.25, -0.2) is 13.6 Å². The van der Waals surface area contributed by atoms with E-state index in [1.165, 1.54) is 10.9 Å². The molecule has 1 aromatic rings. The first-order valence-corrected chi connectivity index (χ1v) is 8.25. The molecule has 0 saturated heterocycles. The molecule has 0 aliphatic carbocycles. The lowest BCUT2D eigenvalue weighted by Gasteiger charge is -2.04. The quantitative estimate of drug-likeness (QED) is 0.707. The maximum atomic E-state index is 11.7. The number of unbranched alkanes of at least 4 members (excludes halogenated alkanes) is 4. The summed E-state index contributed by atoms with van der Waals surface area (Å²) in [5.41, 5.74) is 0. The van der Waals surface area contributed by atoms with Crippen LogP contribution in [-0.2, 0) is 21.9 Å². The van der Waals surface area contributed by atoms with Crippen LogP contribution < -0.4 is 10.5 Å². The topological polar surface area (TPSA) is 107 Å². The molecule has 1 rings (SSSR count). The number of aryl methyl sites for hydroxylation is 1. The Labute approximate surface area is 119 Å². The van der Waals surface area contributed by atoms with Crippen molar-refractivity contribution in [1.82, 2.24) is 9.78 Å². The van der Waals surface area contributed by atoms with Gasteiger partial charge in [0.05, 0.1) is 0 Å². The van der Waals surface area contributed by atoms with Crippen molar-refractivity contribution in [1.29, 1.82) is 0 Å². The first-order chi connectivity index (χ1) is 9.34. The molecule has 0 aliphatic heterocycles. The number of hydrogen-bond acceptors (Lipinski definition) is 4. The van der Waals surface area contributed by atoms with E-state index in [-0.39, 0.29) is 16.6 Å². The Morgan fingerprint density at radius 1 is 1.35 bits per heavy atom. The van der Waals surface area contributed by atoms with Crippen molar-refractivity contribution < 1.29 is 13.2 Å². The van der Waals surface area contributed by atoms with Gasteiger partial charge in [-0.1, -0.05) is 32.6 Å². The maximum absolute atomic E-state index is 11.7. The number of carbonyl (C=O) groups is 1. The second-order valence-corrected chi connectivity index (χ2v) is 6.30. The van der Waals surface area contributed by atoms with Crippen LogP contribution in [0.15, 0.2) is 11.1 Å². The summed E-state index contributed by atoms with van der Waals surface area (Å²) in [6, 6.07) is 0. The zero-order valence-corrected chi connectivity index (χ0v) is 12.7. The number of nitrogens with zero attached hydrogens (tertiary/aromatic N) is 2. The molecule has 114 valence electrons. The molecule has 7 nitrogen and oxygen atoms in total. The summed E-state index contributed by atoms with van der Waals surface area (Å²) in [6.07, 6.45) is 6.82. The summed E-state index contributed by atoms with van der Waals surface area (Å²) in [5, 5.41) is 11.5. The van der Waals surface area contributed by atoms with Crippen LogP contribution in [0.25, 0.3) is 0 Å². The highest BCUT2D eigenvalue weighted by Gasteiger charge is 2.19. The van der Waals surface area contributed by atoms with E-state index in [0.717, 1.165) is 32.1 Å². The normalized spacial score (nSPS) is 11.6. The van der Waals surface area contributed by atoms with Gasteiger partial charge in [0.1, 0.15) is 4.90 Å². The first kappa shape index (κ1) is 16.6. The lowest BCUT2D eigenvalue weighted by Crippen LogP contribution is -2.17. The van der Waals surface area contributed by atoms with E-state index >= 15 is 0 Å². The molecule has 0 radical (unpaired) electrons. The molecule has 0 aliphatic rings. The Morgan fingerprint density at radius 3 is 2.60 bits per heavy atom. The summed E-state index contributed by atoms with van der Waals surface area (Å²) < 4.78 is 24.0. The molecule has 0 fully saturated rings. The van der Waals surface area contributed by atoms with E-state index < -0.39 is 10.0 Å². The molecule has 3 N–H and O–H groups in total. The number of nitrogens with one attached hydrogen (secondary N) is 1. The van der Waals surface area contributed by atoms with Gasteiger partial charge in [-0.3, -0.25) is 9.48 Å². The van der Waals surface area contributed by atoms with Crippen molar-refractivity contribution in [2.24, 2.45) is 12.2 Å². The zero-order valence-electron chi connectivity index (χ0n) is 11.9. The minimum atomic E-state index is -3.89. The summed E-state index contributed by atoms with van der Waals surface area (Å²) >= 11 is 0. The molecular formula is C12H22N4O3S. The Hall–Kier alpha value is -1.41. The third kappa shape index (κ3) is 5.30. The van der Waals surface area contributed by atoms with Gasteiger partial charge < -0.3 is 5.32 Å². The summed E-state index contributed by atoms with van der Waals surface area (Å²) in [7, 11) is -2.32. The molecule has 8 heteroatoms. The Balaban J connectivity index is 2.54. The van der Waals surface area contributed by atoms with Crippen molar-refractivity contribution in [3.8, 4) is 0 Å². The monoisotopic (exact) mass is 302 g/mol. The van der Waals surface area contributed by atoms with Crippen molar-refractivity contribution in [2.45, 2.75) is 50.3 Å². The second-order valence-electron chi connectivity index (χ2n) is 4.77. The largest absolute Gasteiger partial charge is 0.308 e. The number of sulfonamides is 1. The van der Waals surface area contributed by atoms with E-state index in [9.17, 15) is 13.2 Å². The molecular weight excluding hydrogens is 280 g/mol. The highest BCUT2D eigenvalue weighted by atomic mass is 32.2. The number of nitrogens with two attached hydrogens (primary N) is 1. The van der Waals surface area contributed by atoms with Gasteiger partial charge in [-0.2, -0.15) is 5.10 Å². The predicted octanol–water partition coefficient (Wildman–Crippen LogP) is 1.37. The van der Waals surface area contributed by atoms with E-state index in [1.807, 2.05) is 0 Å². The first-order valence-electron chi connectivity index (χ1n) is 6.71. The van der Waals surface area contributed by atoms with Crippen LogP contribution in [0.1, 0.15) is 45.4 Å². The van der Waals surface area contributed by atoms with Gasteiger partial charge in [-0.05, 0) is 6.42 Å². The van der Waals surface area contributed by atoms with Crippen molar-refractivity contribution in [3.05, 3.63) is 6.20 Å². The molecule has 0 unspecified atom stereocenters. The number of anilines is 1. The third-order valence-corrected chi connectivity index (χ3v) is 3.78. The molecule has 0 aromatic carbocycles. The molecule has 0 spiro atoms. The molecule has 20 heavy (non-hydrogen) atoms. The van der Waals surface area contributed by atoms with Gasteiger partial charge in [0.15, 0.2) is 5.82 Å². The van der Waals surface area contributed by atoms with Gasteiger partial charge >= 0.3 is 0 Å². The number of hydrogen-bond donors (Lipinski definition) is 2. The van der Waals surface area contributed by atoms with Crippen LogP contribution in [0.5, 0.6) is 0 Å². The van der Waals surface area contributed by atoms with E-state index in [2.05, 4.69) is 17.3 Å². The highest BCUT2D eigenvalue weighted by Crippen LogP contribution is 2.17. The molecule has 1 aromatic heterocycles. The fourth-order valence-corrected chi connectivity index (χ4v) is 2.51. The van der Waals surface area contributed by atoms with Crippen LogP contribution in [0.2, 0.25) is 0 Å². The van der Waals surface area contributed by atoms with Gasteiger partial charge in [-0.15, -0.1) is 0 Å². The summed E-state index contributed by atoms with van der Waals surface area (Å²) in [6.45, 7) is 2.13. The van der Waals surface area contributed by atoms with Crippen LogP contribution in [-0.4, -0.2) is 24.1 Å². The van der Waals surface area contributed by atoms with E-state index in [0.29, 0.717) is 6.42 Å². The number of rotatable bonds is 8. The van der Waals surface area contributed by atoms with Crippen LogP contribution in [0.4, 0.5) is 5.82 Å². The Kier molecular flexibility index (Phi) is 6.15. The average molecular weight is 302 g/mol. The minimum absolute atomic E-state index is 0.00596. The summed E-state index contributed by atoms with van der Waals surface area (Å²) in [5.74, 6) is -0.251. The standard InChI is InChI=1S/C12H22N4O3S/c1-3-4-5-6-7-8-11(17)14-12-10(20(13,18)19)9-16(2)15-12/h9H,3-8H2,1-2H3,(H2,13,18,19)(H,14,15,17). The van der Waals surface area contributed by atoms with Crippen LogP contribution >= 0.6 is 0 Å². The fraction of sp³-hybridized carbons (Fsp3) is 0.667. The number of amides is 1. The maximum Gasteiger partial charge on any atom is 0.243 e. The van der Waals surface area contributed by atoms with Gasteiger partial charge in [0.25, 0.3) is 0 Å². The van der Waals surface area contributed by atoms with E-state index in [4.69, 9.17) is 5.14 Å². The van der Waals surface area contributed by atoms with E-state index in [1.54, 1.807) is 7.05 Å². The zero-order chi connectivity index (χ0) is 15.2. The summed E-state index contributed by atoms with van der Waals surface area (Å²) in [4.78, 5) is 11.6. The van der Waals surface area contributed by atoms with Gasteiger partial charge in [0, 0.05) is 19.7 Å². The molecule has 1 amide bonds. The number of aromatic nitrogens is 2. The average Bonchev–Trinajstić information content (AvgIpc) is 2.70. The molecule has 0 atom stereocenters. The van der Waals surface area contributed by atoms with Crippen LogP contribution in [0.3, 0.4) is 0 Å². The van der Waals surface area contributed by atoms with Crippen molar-refractivity contribution in [2.75, 3.05) is 5.32 Å². The Morgan fingerprint density at radius 2 is 2.00 bits per heavy atom. The second kappa shape index (κ2) is 7.39. The van der Waals surface area contributed by atoms with Gasteiger partial charge in [0.2, 0.25) is 15.9 Å². The Bertz CT molecular complexity index is 551. The molecule has 0 bridgehead atoms. The molecule has 0 saturated carbocycles. The fourth-order valence-electron chi connectivity index (χ4n) is 1.85. The van der Waals surface area contributed by atoms with Crippen molar-refractivity contribution in [3.63, 3.8) is 0 Å². The lowest BCUT2D eigenvalue weighted by atomic mass is 10.1. The highest BCUT2D eigenvalue weighted by molar-refractivity contribution is 7.89. The van der Waals surface area contributed by atoms with Crippen molar-refractivity contribution >= 4 is 21.7 Å². The molecule has 1 heterocycles.